The fourth-order valence-corrected chi connectivity index (χ4v) is 2.92. The first-order valence-electron chi connectivity index (χ1n) is 8.75. The molecule has 0 bridgehead atoms. The lowest BCUT2D eigenvalue weighted by atomic mass is 9.90. The largest absolute Gasteiger partial charge is 0.490 e. The van der Waals surface area contributed by atoms with E-state index in [-0.39, 0.29) is 5.92 Å². The highest BCUT2D eigenvalue weighted by Crippen LogP contribution is 2.34. The van der Waals surface area contributed by atoms with Crippen LogP contribution in [-0.4, -0.2) is 19.8 Å². The minimum atomic E-state index is 0.264. The molecule has 2 rings (SSSR count). The van der Waals surface area contributed by atoms with Crippen molar-refractivity contribution in [3.05, 3.63) is 58.7 Å². The van der Waals surface area contributed by atoms with Crippen molar-refractivity contribution >= 4 is 0 Å². The average Bonchev–Trinajstić information content (AvgIpc) is 2.58. The Hall–Kier alpha value is -2.00. The fourth-order valence-electron chi connectivity index (χ4n) is 2.92. The Kier molecular flexibility index (Phi) is 6.68. The molecule has 0 aromatic heterocycles. The molecule has 0 aliphatic carbocycles. The van der Waals surface area contributed by atoms with Crippen LogP contribution >= 0.6 is 0 Å². The molecule has 1 atom stereocenters. The molecule has 0 spiro atoms. The summed E-state index contributed by atoms with van der Waals surface area (Å²) in [5.41, 5.74) is 11.1. The number of ether oxygens (including phenoxy) is 2. The first kappa shape index (κ1) is 18.3. The van der Waals surface area contributed by atoms with Crippen molar-refractivity contribution in [2.75, 3.05) is 19.8 Å². The number of hydrogen-bond donors (Lipinski definition) is 1. The van der Waals surface area contributed by atoms with E-state index < -0.39 is 0 Å². The summed E-state index contributed by atoms with van der Waals surface area (Å²) in [5.74, 6) is 1.93. The van der Waals surface area contributed by atoms with Crippen LogP contribution in [0, 0.1) is 13.8 Å². The van der Waals surface area contributed by atoms with Crippen LogP contribution < -0.4 is 15.2 Å². The fraction of sp³-hybridized carbons (Fsp3) is 0.429. The Morgan fingerprint density at radius 3 is 2.33 bits per heavy atom. The average molecular weight is 327 g/mol. The van der Waals surface area contributed by atoms with Gasteiger partial charge in [0.1, 0.15) is 0 Å². The van der Waals surface area contributed by atoms with Crippen LogP contribution in [0.15, 0.2) is 36.4 Å². The molecule has 2 aromatic rings. The van der Waals surface area contributed by atoms with Crippen molar-refractivity contribution < 1.29 is 9.47 Å². The molecule has 0 heterocycles. The third-order valence-corrected chi connectivity index (χ3v) is 4.40. The van der Waals surface area contributed by atoms with Crippen LogP contribution in [0.1, 0.15) is 42.0 Å². The summed E-state index contributed by atoms with van der Waals surface area (Å²) in [4.78, 5) is 0. The topological polar surface area (TPSA) is 44.5 Å². The molecule has 130 valence electrons. The van der Waals surface area contributed by atoms with Gasteiger partial charge in [-0.1, -0.05) is 30.3 Å². The predicted molar refractivity (Wildman–Crippen MR) is 100 cm³/mol. The van der Waals surface area contributed by atoms with E-state index >= 15 is 0 Å². The lowest BCUT2D eigenvalue weighted by molar-refractivity contribution is 0.285. The summed E-state index contributed by atoms with van der Waals surface area (Å²) in [7, 11) is 0. The van der Waals surface area contributed by atoms with Gasteiger partial charge in [-0.25, -0.2) is 0 Å². The van der Waals surface area contributed by atoms with Gasteiger partial charge in [0.25, 0.3) is 0 Å². The predicted octanol–water partition coefficient (Wildman–Crippen LogP) is 4.39. The summed E-state index contributed by atoms with van der Waals surface area (Å²) >= 11 is 0. The van der Waals surface area contributed by atoms with Crippen LogP contribution in [0.4, 0.5) is 0 Å². The molecule has 1 unspecified atom stereocenters. The quantitative estimate of drug-likeness (QED) is 0.782. The zero-order valence-corrected chi connectivity index (χ0v) is 15.3. The van der Waals surface area contributed by atoms with E-state index in [9.17, 15) is 0 Å². The normalized spacial score (nSPS) is 12.0. The van der Waals surface area contributed by atoms with Gasteiger partial charge in [-0.15, -0.1) is 0 Å². The van der Waals surface area contributed by atoms with Crippen LogP contribution in [0.5, 0.6) is 11.5 Å². The summed E-state index contributed by atoms with van der Waals surface area (Å²) in [6.07, 6.45) is 0.843. The molecule has 0 saturated heterocycles. The van der Waals surface area contributed by atoms with Gasteiger partial charge in [0.2, 0.25) is 0 Å². The Balaban J connectivity index is 2.32. The van der Waals surface area contributed by atoms with Gasteiger partial charge >= 0.3 is 0 Å². The van der Waals surface area contributed by atoms with E-state index in [1.54, 1.807) is 0 Å². The van der Waals surface area contributed by atoms with Gasteiger partial charge in [0.05, 0.1) is 13.2 Å². The standard InChI is InChI=1S/C21H29NO2/c1-5-23-20-9-7-8-18(21(20)24-6-2)13-19(14-22)17-11-10-15(3)16(4)12-17/h7-12,19H,5-6,13-14,22H2,1-4H3. The van der Waals surface area contributed by atoms with E-state index in [0.29, 0.717) is 19.8 Å². The summed E-state index contributed by atoms with van der Waals surface area (Å²) in [5, 5.41) is 0. The minimum absolute atomic E-state index is 0.264. The van der Waals surface area contributed by atoms with Crippen LogP contribution in [0.3, 0.4) is 0 Å². The number of aryl methyl sites for hydroxylation is 2. The van der Waals surface area contributed by atoms with E-state index in [1.165, 1.54) is 16.7 Å². The lowest BCUT2D eigenvalue weighted by Gasteiger charge is -2.20. The second-order valence-electron chi connectivity index (χ2n) is 6.09. The van der Waals surface area contributed by atoms with Crippen molar-refractivity contribution in [3.8, 4) is 11.5 Å². The number of hydrogen-bond acceptors (Lipinski definition) is 3. The summed E-state index contributed by atoms with van der Waals surface area (Å²) in [6, 6.07) is 12.7. The van der Waals surface area contributed by atoms with Gasteiger partial charge in [0.15, 0.2) is 11.5 Å². The first-order valence-corrected chi connectivity index (χ1v) is 8.75. The maximum atomic E-state index is 6.09. The Morgan fingerprint density at radius 1 is 0.958 bits per heavy atom. The molecule has 0 aliphatic heterocycles. The second-order valence-corrected chi connectivity index (χ2v) is 6.09. The molecule has 0 saturated carbocycles. The lowest BCUT2D eigenvalue weighted by Crippen LogP contribution is -2.16. The van der Waals surface area contributed by atoms with Crippen molar-refractivity contribution in [2.45, 2.75) is 40.0 Å². The molecule has 2 aromatic carbocycles. The van der Waals surface area contributed by atoms with Crippen molar-refractivity contribution in [1.82, 2.24) is 0 Å². The van der Waals surface area contributed by atoms with Crippen LogP contribution in [0.2, 0.25) is 0 Å². The van der Waals surface area contributed by atoms with E-state index in [4.69, 9.17) is 15.2 Å². The van der Waals surface area contributed by atoms with Gasteiger partial charge < -0.3 is 15.2 Å². The number of para-hydroxylation sites is 1. The summed E-state index contributed by atoms with van der Waals surface area (Å²) in [6.45, 7) is 10.1. The molecule has 2 N–H and O–H groups in total. The van der Waals surface area contributed by atoms with Crippen molar-refractivity contribution in [1.29, 1.82) is 0 Å². The molecule has 0 radical (unpaired) electrons. The highest BCUT2D eigenvalue weighted by molar-refractivity contribution is 5.47. The number of nitrogens with two attached hydrogens (primary N) is 1. The Bertz CT molecular complexity index is 667. The molecular weight excluding hydrogens is 298 g/mol. The monoisotopic (exact) mass is 327 g/mol. The summed E-state index contributed by atoms with van der Waals surface area (Å²) < 4.78 is 11.6. The van der Waals surface area contributed by atoms with Crippen LogP contribution in [0.25, 0.3) is 0 Å². The molecular formula is C21H29NO2. The van der Waals surface area contributed by atoms with E-state index in [0.717, 1.165) is 23.5 Å². The number of rotatable bonds is 8. The minimum Gasteiger partial charge on any atom is -0.490 e. The van der Waals surface area contributed by atoms with Gasteiger partial charge in [-0.3, -0.25) is 0 Å². The molecule has 24 heavy (non-hydrogen) atoms. The van der Waals surface area contributed by atoms with Gasteiger partial charge in [0, 0.05) is 5.92 Å². The van der Waals surface area contributed by atoms with Gasteiger partial charge in [-0.2, -0.15) is 0 Å². The SMILES string of the molecule is CCOc1cccc(CC(CN)c2ccc(C)c(C)c2)c1OCC. The highest BCUT2D eigenvalue weighted by atomic mass is 16.5. The molecule has 0 fully saturated rings. The van der Waals surface area contributed by atoms with E-state index in [1.807, 2.05) is 26.0 Å². The maximum Gasteiger partial charge on any atom is 0.164 e. The third kappa shape index (κ3) is 4.30. The zero-order chi connectivity index (χ0) is 17.5. The highest BCUT2D eigenvalue weighted by Gasteiger charge is 2.17. The molecule has 3 nitrogen and oxygen atoms in total. The van der Waals surface area contributed by atoms with Crippen molar-refractivity contribution in [3.63, 3.8) is 0 Å². The molecule has 3 heteroatoms. The van der Waals surface area contributed by atoms with Gasteiger partial charge in [-0.05, 0) is 69.0 Å². The second kappa shape index (κ2) is 8.74. The molecule has 0 aliphatic rings. The Morgan fingerprint density at radius 2 is 1.71 bits per heavy atom. The smallest absolute Gasteiger partial charge is 0.164 e. The maximum absolute atomic E-state index is 6.09. The number of benzene rings is 2. The Labute approximate surface area is 145 Å². The molecule has 0 amide bonds. The van der Waals surface area contributed by atoms with Crippen molar-refractivity contribution in [2.24, 2.45) is 5.73 Å². The zero-order valence-electron chi connectivity index (χ0n) is 15.3. The first-order chi connectivity index (χ1) is 11.6. The third-order valence-electron chi connectivity index (χ3n) is 4.40. The van der Waals surface area contributed by atoms with Crippen LogP contribution in [-0.2, 0) is 6.42 Å². The van der Waals surface area contributed by atoms with E-state index in [2.05, 4.69) is 38.1 Å².